The first-order chi connectivity index (χ1) is 24.8. The molecule has 0 saturated heterocycles. The molecule has 0 atom stereocenters. The summed E-state index contributed by atoms with van der Waals surface area (Å²) >= 11 is 0. The van der Waals surface area contributed by atoms with Gasteiger partial charge in [0, 0.05) is 33.2 Å². The summed E-state index contributed by atoms with van der Waals surface area (Å²) in [6, 6.07) is 44.4. The van der Waals surface area contributed by atoms with E-state index in [0.29, 0.717) is 11.8 Å². The zero-order chi connectivity index (χ0) is 33.0. The third-order valence-electron chi connectivity index (χ3n) is 11.8. The molecule has 0 N–H and O–H groups in total. The maximum Gasteiger partial charge on any atom is 0.164 e. The normalized spacial score (nSPS) is 16.2. The minimum Gasteiger partial charge on any atom is -0.294 e. The van der Waals surface area contributed by atoms with Crippen LogP contribution in [0.1, 0.15) is 87.2 Å². The molecule has 4 heteroatoms. The molecular formula is C46H42N4. The second-order valence-corrected chi connectivity index (χ2v) is 14.6. The van der Waals surface area contributed by atoms with Crippen LogP contribution in [0.4, 0.5) is 0 Å². The van der Waals surface area contributed by atoms with Crippen molar-refractivity contribution in [2.75, 3.05) is 0 Å². The van der Waals surface area contributed by atoms with Gasteiger partial charge in [0.25, 0.3) is 0 Å². The minimum absolute atomic E-state index is 0.541. The van der Waals surface area contributed by atoms with Crippen molar-refractivity contribution in [3.8, 4) is 23.0 Å². The van der Waals surface area contributed by atoms with Crippen LogP contribution in [0.5, 0.6) is 0 Å². The number of hydrogen-bond acceptors (Lipinski definition) is 2. The van der Waals surface area contributed by atoms with Crippen molar-refractivity contribution in [2.24, 2.45) is 0 Å². The van der Waals surface area contributed by atoms with E-state index in [1.807, 2.05) is 0 Å². The van der Waals surface area contributed by atoms with Gasteiger partial charge >= 0.3 is 0 Å². The molecule has 50 heavy (non-hydrogen) atoms. The molecule has 2 saturated carbocycles. The molecule has 4 nitrogen and oxygen atoms in total. The SMILES string of the molecule is c1cc(C2CCCCC2)c(-c2nc(-n3c4ccccc4c4ccccc43)cc(-n3c4ccccc4c4ccccc43)n2)c(C2CCCCC2)c1. The summed E-state index contributed by atoms with van der Waals surface area (Å²) in [7, 11) is 0. The molecule has 0 amide bonds. The highest BCUT2D eigenvalue weighted by atomic mass is 15.1. The van der Waals surface area contributed by atoms with E-state index in [4.69, 9.17) is 9.97 Å². The second kappa shape index (κ2) is 12.3. The molecule has 2 fully saturated rings. The average Bonchev–Trinajstić information content (AvgIpc) is 3.71. The van der Waals surface area contributed by atoms with E-state index in [0.717, 1.165) is 17.5 Å². The van der Waals surface area contributed by atoms with Crippen molar-refractivity contribution in [3.63, 3.8) is 0 Å². The lowest BCUT2D eigenvalue weighted by Crippen LogP contribution is -2.13. The quantitative estimate of drug-likeness (QED) is 0.186. The molecule has 5 aromatic carbocycles. The summed E-state index contributed by atoms with van der Waals surface area (Å²) in [5.41, 5.74) is 8.88. The summed E-state index contributed by atoms with van der Waals surface area (Å²) in [6.45, 7) is 0. The van der Waals surface area contributed by atoms with Crippen LogP contribution in [-0.2, 0) is 0 Å². The van der Waals surface area contributed by atoms with E-state index in [1.54, 1.807) is 0 Å². The van der Waals surface area contributed by atoms with Crippen molar-refractivity contribution < 1.29 is 0 Å². The fraction of sp³-hybridized carbons (Fsp3) is 0.261. The Hall–Kier alpha value is -5.22. The van der Waals surface area contributed by atoms with Gasteiger partial charge in [-0.05, 0) is 72.9 Å². The molecule has 3 aromatic heterocycles. The molecule has 0 radical (unpaired) electrons. The van der Waals surface area contributed by atoms with Crippen LogP contribution in [0, 0.1) is 0 Å². The number of fused-ring (bicyclic) bond motifs is 6. The Morgan fingerprint density at radius 2 is 0.760 bits per heavy atom. The minimum atomic E-state index is 0.541. The van der Waals surface area contributed by atoms with Crippen LogP contribution < -0.4 is 0 Å². The fourth-order valence-corrected chi connectivity index (χ4v) is 9.46. The summed E-state index contributed by atoms with van der Waals surface area (Å²) < 4.78 is 4.74. The van der Waals surface area contributed by atoms with E-state index in [-0.39, 0.29) is 0 Å². The lowest BCUT2D eigenvalue weighted by Gasteiger charge is -2.29. The highest BCUT2D eigenvalue weighted by Crippen LogP contribution is 2.45. The van der Waals surface area contributed by atoms with Gasteiger partial charge in [-0.15, -0.1) is 0 Å². The Morgan fingerprint density at radius 3 is 1.14 bits per heavy atom. The number of nitrogens with zero attached hydrogens (tertiary/aromatic N) is 4. The number of rotatable bonds is 5. The largest absolute Gasteiger partial charge is 0.294 e. The molecule has 0 unspecified atom stereocenters. The maximum absolute atomic E-state index is 5.67. The Labute approximate surface area is 293 Å². The summed E-state index contributed by atoms with van der Waals surface area (Å²) in [5.74, 6) is 3.77. The monoisotopic (exact) mass is 650 g/mol. The summed E-state index contributed by atoms with van der Waals surface area (Å²) in [6.07, 6.45) is 12.8. The first kappa shape index (κ1) is 29.7. The number of aromatic nitrogens is 4. The molecule has 2 aliphatic carbocycles. The summed E-state index contributed by atoms with van der Waals surface area (Å²) in [4.78, 5) is 11.3. The predicted octanol–water partition coefficient (Wildman–Crippen LogP) is 12.4. The van der Waals surface area contributed by atoms with E-state index in [9.17, 15) is 0 Å². The van der Waals surface area contributed by atoms with Gasteiger partial charge < -0.3 is 0 Å². The number of hydrogen-bond donors (Lipinski definition) is 0. The Balaban J connectivity index is 1.32. The third kappa shape index (κ3) is 4.80. The average molecular weight is 651 g/mol. The Morgan fingerprint density at radius 1 is 0.400 bits per heavy atom. The van der Waals surface area contributed by atoms with Gasteiger partial charge in [-0.25, -0.2) is 9.97 Å². The second-order valence-electron chi connectivity index (χ2n) is 14.6. The smallest absolute Gasteiger partial charge is 0.164 e. The van der Waals surface area contributed by atoms with Crippen LogP contribution in [-0.4, -0.2) is 19.1 Å². The highest BCUT2D eigenvalue weighted by molar-refractivity contribution is 6.10. The van der Waals surface area contributed by atoms with Crippen LogP contribution >= 0.6 is 0 Å². The highest BCUT2D eigenvalue weighted by Gasteiger charge is 2.28. The van der Waals surface area contributed by atoms with Gasteiger partial charge in [-0.1, -0.05) is 130 Å². The standard InChI is InChI=1S/C46H42N4/c1-3-16-31(17-4-1)33-24-15-25-34(32-18-5-2-6-19-32)45(33)46-47-43(49-39-26-11-7-20-35(39)36-21-8-12-27-40(36)49)30-44(48-46)50-41-28-13-9-22-37(41)38-23-10-14-29-42(38)50/h7-15,20-32H,1-6,16-19H2. The molecular weight excluding hydrogens is 609 g/mol. The van der Waals surface area contributed by atoms with Crippen molar-refractivity contribution >= 4 is 43.6 Å². The maximum atomic E-state index is 5.67. The van der Waals surface area contributed by atoms with Gasteiger partial charge in [-0.3, -0.25) is 9.13 Å². The predicted molar refractivity (Wildman–Crippen MR) is 208 cm³/mol. The first-order valence-electron chi connectivity index (χ1n) is 18.8. The molecule has 0 bridgehead atoms. The van der Waals surface area contributed by atoms with E-state index >= 15 is 0 Å². The van der Waals surface area contributed by atoms with Gasteiger partial charge in [0.1, 0.15) is 11.6 Å². The van der Waals surface area contributed by atoms with Crippen molar-refractivity contribution in [1.82, 2.24) is 19.1 Å². The lowest BCUT2D eigenvalue weighted by molar-refractivity contribution is 0.436. The zero-order valence-corrected chi connectivity index (χ0v) is 28.6. The molecule has 10 rings (SSSR count). The van der Waals surface area contributed by atoms with Crippen molar-refractivity contribution in [2.45, 2.75) is 76.0 Å². The zero-order valence-electron chi connectivity index (χ0n) is 28.6. The first-order valence-corrected chi connectivity index (χ1v) is 18.8. The van der Waals surface area contributed by atoms with Crippen LogP contribution in [0.15, 0.2) is 121 Å². The number of para-hydroxylation sites is 4. The molecule has 0 aliphatic heterocycles. The van der Waals surface area contributed by atoms with Gasteiger partial charge in [-0.2, -0.15) is 0 Å². The van der Waals surface area contributed by atoms with Gasteiger partial charge in [0.15, 0.2) is 5.82 Å². The molecule has 246 valence electrons. The Bertz CT molecular complexity index is 2250. The Kier molecular flexibility index (Phi) is 7.29. The van der Waals surface area contributed by atoms with E-state index in [1.165, 1.54) is 125 Å². The topological polar surface area (TPSA) is 35.6 Å². The molecule has 2 aliphatic rings. The van der Waals surface area contributed by atoms with Crippen LogP contribution in [0.3, 0.4) is 0 Å². The van der Waals surface area contributed by atoms with Crippen LogP contribution in [0.25, 0.3) is 66.6 Å². The van der Waals surface area contributed by atoms with E-state index in [2.05, 4.69) is 130 Å². The number of benzene rings is 5. The molecule has 3 heterocycles. The van der Waals surface area contributed by atoms with Gasteiger partial charge in [0.2, 0.25) is 0 Å². The molecule has 0 spiro atoms. The third-order valence-corrected chi connectivity index (χ3v) is 11.8. The fourth-order valence-electron chi connectivity index (χ4n) is 9.46. The van der Waals surface area contributed by atoms with Gasteiger partial charge in [0.05, 0.1) is 22.1 Å². The van der Waals surface area contributed by atoms with Crippen molar-refractivity contribution in [3.05, 3.63) is 132 Å². The van der Waals surface area contributed by atoms with Crippen LogP contribution in [0.2, 0.25) is 0 Å². The van der Waals surface area contributed by atoms with E-state index < -0.39 is 0 Å². The lowest BCUT2D eigenvalue weighted by atomic mass is 9.76. The molecule has 8 aromatic rings. The van der Waals surface area contributed by atoms with Crippen molar-refractivity contribution in [1.29, 1.82) is 0 Å². The summed E-state index contributed by atoms with van der Waals surface area (Å²) in [5, 5.41) is 4.97.